The van der Waals surface area contributed by atoms with Crippen molar-refractivity contribution in [3.05, 3.63) is 60.0 Å². The van der Waals surface area contributed by atoms with Crippen LogP contribution in [0.1, 0.15) is 12.0 Å². The molecule has 1 atom stereocenters. The number of hydrogen-bond donors (Lipinski definition) is 0. The summed E-state index contributed by atoms with van der Waals surface area (Å²) in [7, 11) is 2.91. The number of rotatable bonds is 6. The molecule has 0 spiro atoms. The van der Waals surface area contributed by atoms with Crippen LogP contribution in [0.5, 0.6) is 5.75 Å². The van der Waals surface area contributed by atoms with E-state index in [1.165, 1.54) is 25.3 Å². The van der Waals surface area contributed by atoms with Gasteiger partial charge in [-0.1, -0.05) is 6.07 Å². The minimum atomic E-state index is -1.62. The van der Waals surface area contributed by atoms with Crippen molar-refractivity contribution < 1.29 is 23.2 Å². The lowest BCUT2D eigenvalue weighted by Gasteiger charge is -2.11. The van der Waals surface area contributed by atoms with Crippen LogP contribution in [-0.4, -0.2) is 28.7 Å². The molecule has 0 saturated heterocycles. The Balaban J connectivity index is 2.05. The van der Waals surface area contributed by atoms with E-state index in [0.717, 1.165) is 10.9 Å². The van der Waals surface area contributed by atoms with Gasteiger partial charge in [0.25, 0.3) is 0 Å². The van der Waals surface area contributed by atoms with Gasteiger partial charge in [-0.25, -0.2) is 4.39 Å². The van der Waals surface area contributed by atoms with Gasteiger partial charge in [-0.15, -0.1) is 0 Å². The highest BCUT2D eigenvalue weighted by atomic mass is 32.2. The number of ether oxygens (including phenoxy) is 2. The monoisotopic (exact) mass is 375 g/mol. The Bertz CT molecular complexity index is 940. The van der Waals surface area contributed by atoms with Crippen LogP contribution >= 0.6 is 0 Å². The Morgan fingerprint density at radius 1 is 1.23 bits per heavy atom. The van der Waals surface area contributed by atoms with E-state index in [0.29, 0.717) is 22.6 Å². The number of carbonyl (C=O) groups excluding carboxylic acids is 1. The summed E-state index contributed by atoms with van der Waals surface area (Å²) in [6.45, 7) is 0. The summed E-state index contributed by atoms with van der Waals surface area (Å²) in [5.74, 6) is -0.106. The predicted octanol–water partition coefficient (Wildman–Crippen LogP) is 3.47. The van der Waals surface area contributed by atoms with Gasteiger partial charge < -0.3 is 14.0 Å². The highest BCUT2D eigenvalue weighted by Gasteiger charge is 2.21. The SMILES string of the molecule is COC(=O)CCc1cn([S+]([O-])c2cccc(F)c2)c2ccc(OC)cc12. The second kappa shape index (κ2) is 7.80. The van der Waals surface area contributed by atoms with Gasteiger partial charge in [0.15, 0.2) is 4.90 Å². The number of nitrogens with zero attached hydrogens (tertiary/aromatic N) is 1. The molecule has 2 aromatic carbocycles. The Morgan fingerprint density at radius 2 is 2.04 bits per heavy atom. The number of methoxy groups -OCH3 is 2. The summed E-state index contributed by atoms with van der Waals surface area (Å²) in [5, 5.41) is 0.831. The number of hydrogen-bond acceptors (Lipinski definition) is 4. The lowest BCUT2D eigenvalue weighted by Crippen LogP contribution is -2.12. The predicted molar refractivity (Wildman–Crippen MR) is 97.0 cm³/mol. The number of benzene rings is 2. The van der Waals surface area contributed by atoms with E-state index in [4.69, 9.17) is 9.47 Å². The van der Waals surface area contributed by atoms with Gasteiger partial charge in [-0.3, -0.25) is 4.79 Å². The summed E-state index contributed by atoms with van der Waals surface area (Å²) in [6, 6.07) is 11.1. The van der Waals surface area contributed by atoms with Crippen molar-refractivity contribution in [3.8, 4) is 5.75 Å². The number of aryl methyl sites for hydroxylation is 1. The molecule has 7 heteroatoms. The molecule has 0 saturated carbocycles. The molecule has 0 aliphatic carbocycles. The first kappa shape index (κ1) is 18.3. The van der Waals surface area contributed by atoms with E-state index in [2.05, 4.69) is 0 Å². The summed E-state index contributed by atoms with van der Waals surface area (Å²) >= 11 is -1.62. The Kier molecular flexibility index (Phi) is 5.49. The molecular formula is C19H18FNO4S. The van der Waals surface area contributed by atoms with E-state index in [1.54, 1.807) is 35.5 Å². The minimum absolute atomic E-state index is 0.208. The number of esters is 1. The van der Waals surface area contributed by atoms with Gasteiger partial charge in [0.2, 0.25) is 0 Å². The fourth-order valence-electron chi connectivity index (χ4n) is 2.74. The molecule has 26 heavy (non-hydrogen) atoms. The van der Waals surface area contributed by atoms with Crippen LogP contribution in [0.4, 0.5) is 4.39 Å². The number of fused-ring (bicyclic) bond motifs is 1. The van der Waals surface area contributed by atoms with Crippen molar-refractivity contribution in [2.45, 2.75) is 17.7 Å². The third kappa shape index (κ3) is 3.68. The third-order valence-corrected chi connectivity index (χ3v) is 5.38. The van der Waals surface area contributed by atoms with Crippen LogP contribution in [-0.2, 0) is 27.3 Å². The quantitative estimate of drug-likeness (QED) is 0.489. The van der Waals surface area contributed by atoms with Gasteiger partial charge in [0, 0.05) is 17.9 Å². The van der Waals surface area contributed by atoms with E-state index in [1.807, 2.05) is 6.07 Å². The van der Waals surface area contributed by atoms with Crippen LogP contribution in [0.15, 0.2) is 53.6 Å². The van der Waals surface area contributed by atoms with Gasteiger partial charge in [-0.2, -0.15) is 3.97 Å². The van der Waals surface area contributed by atoms with Crippen LogP contribution < -0.4 is 4.74 Å². The normalized spacial score (nSPS) is 12.2. The van der Waals surface area contributed by atoms with E-state index >= 15 is 0 Å². The molecular weight excluding hydrogens is 357 g/mol. The lowest BCUT2D eigenvalue weighted by molar-refractivity contribution is -0.140. The molecule has 3 aromatic rings. The molecule has 0 aliphatic heterocycles. The summed E-state index contributed by atoms with van der Waals surface area (Å²) < 4.78 is 38.0. The van der Waals surface area contributed by atoms with Crippen molar-refractivity contribution in [2.75, 3.05) is 14.2 Å². The second-order valence-electron chi connectivity index (χ2n) is 5.65. The number of carbonyl (C=O) groups is 1. The second-order valence-corrected chi connectivity index (χ2v) is 7.01. The molecule has 0 N–H and O–H groups in total. The van der Waals surface area contributed by atoms with E-state index in [-0.39, 0.29) is 12.4 Å². The summed E-state index contributed by atoms with van der Waals surface area (Å²) in [6.07, 6.45) is 2.37. The third-order valence-electron chi connectivity index (χ3n) is 4.06. The van der Waals surface area contributed by atoms with Gasteiger partial charge in [-0.05, 0) is 42.3 Å². The first-order valence-corrected chi connectivity index (χ1v) is 9.06. The number of halogens is 1. The molecule has 0 aliphatic rings. The summed E-state index contributed by atoms with van der Waals surface area (Å²) in [5.41, 5.74) is 1.56. The maximum absolute atomic E-state index is 13.5. The van der Waals surface area contributed by atoms with Crippen LogP contribution in [0, 0.1) is 5.82 Å². The van der Waals surface area contributed by atoms with Crippen molar-refractivity contribution in [1.29, 1.82) is 0 Å². The van der Waals surface area contributed by atoms with Crippen molar-refractivity contribution in [2.24, 2.45) is 0 Å². The largest absolute Gasteiger partial charge is 0.587 e. The highest BCUT2D eigenvalue weighted by Crippen LogP contribution is 2.30. The Labute approximate surface area is 153 Å². The van der Waals surface area contributed by atoms with Gasteiger partial charge in [0.1, 0.15) is 22.9 Å². The molecule has 5 nitrogen and oxygen atoms in total. The van der Waals surface area contributed by atoms with E-state index in [9.17, 15) is 13.7 Å². The molecule has 3 rings (SSSR count). The van der Waals surface area contributed by atoms with Gasteiger partial charge in [0.05, 0.1) is 25.9 Å². The zero-order valence-corrected chi connectivity index (χ0v) is 15.2. The maximum atomic E-state index is 13.5. The van der Waals surface area contributed by atoms with Crippen molar-refractivity contribution >= 4 is 28.2 Å². The molecule has 1 heterocycles. The minimum Gasteiger partial charge on any atom is -0.587 e. The molecule has 1 unspecified atom stereocenters. The Hall–Kier alpha value is -2.51. The zero-order chi connectivity index (χ0) is 18.7. The van der Waals surface area contributed by atoms with Gasteiger partial charge >= 0.3 is 5.97 Å². The average Bonchev–Trinajstić information content (AvgIpc) is 3.03. The highest BCUT2D eigenvalue weighted by molar-refractivity contribution is 7.90. The average molecular weight is 375 g/mol. The summed E-state index contributed by atoms with van der Waals surface area (Å²) in [4.78, 5) is 11.8. The van der Waals surface area contributed by atoms with Crippen molar-refractivity contribution in [1.82, 2.24) is 3.97 Å². The van der Waals surface area contributed by atoms with Crippen LogP contribution in [0.2, 0.25) is 0 Å². The van der Waals surface area contributed by atoms with Crippen LogP contribution in [0.25, 0.3) is 10.9 Å². The van der Waals surface area contributed by atoms with Crippen LogP contribution in [0.3, 0.4) is 0 Å². The van der Waals surface area contributed by atoms with E-state index < -0.39 is 17.2 Å². The topological polar surface area (TPSA) is 63.5 Å². The van der Waals surface area contributed by atoms with Crippen molar-refractivity contribution in [3.63, 3.8) is 0 Å². The zero-order valence-electron chi connectivity index (χ0n) is 14.4. The Morgan fingerprint density at radius 3 is 2.73 bits per heavy atom. The smallest absolute Gasteiger partial charge is 0.305 e. The standard InChI is InChI=1S/C19H18FNO4S/c1-24-15-7-8-18-17(11-15)13(6-9-19(22)25-2)12-21(18)26(23)16-5-3-4-14(20)10-16/h3-5,7-8,10-12H,6,9H2,1-2H3. The maximum Gasteiger partial charge on any atom is 0.305 e. The fourth-order valence-corrected chi connectivity index (χ4v) is 3.93. The lowest BCUT2D eigenvalue weighted by atomic mass is 10.1. The molecule has 136 valence electrons. The first-order chi connectivity index (χ1) is 12.5. The number of aromatic nitrogens is 1. The molecule has 0 amide bonds. The molecule has 0 radical (unpaired) electrons. The fraction of sp³-hybridized carbons (Fsp3) is 0.211. The molecule has 0 fully saturated rings. The first-order valence-electron chi connectivity index (χ1n) is 7.96. The molecule has 1 aromatic heterocycles. The molecule has 0 bridgehead atoms.